The fourth-order valence-corrected chi connectivity index (χ4v) is 2.93. The van der Waals surface area contributed by atoms with Crippen molar-refractivity contribution < 1.29 is 4.79 Å². The Morgan fingerprint density at radius 2 is 1.88 bits per heavy atom. The maximum atomic E-state index is 12.6. The van der Waals surface area contributed by atoms with E-state index in [-0.39, 0.29) is 29.9 Å². The molecule has 1 aliphatic heterocycles. The van der Waals surface area contributed by atoms with Gasteiger partial charge < -0.3 is 15.2 Å². The molecular weight excluding hydrogens is 332 g/mol. The van der Waals surface area contributed by atoms with Crippen molar-refractivity contribution in [3.8, 4) is 0 Å². The standard InChI is InChI=1S/C16H18N4O3.ClH/c1-19-7-12(14(21)18-16(19)23)15(22)20-8-11(13(17)9-20)10-5-3-2-4-6-10;/h2-7,11,13H,8-9,17H2,1H3,(H,18,21,23);1H/t11-,13+;/m0./s1. The van der Waals surface area contributed by atoms with Gasteiger partial charge in [-0.05, 0) is 5.56 Å². The number of carbonyl (C=O) groups excluding carboxylic acids is 1. The highest BCUT2D eigenvalue weighted by molar-refractivity contribution is 5.93. The van der Waals surface area contributed by atoms with E-state index in [4.69, 9.17) is 5.73 Å². The summed E-state index contributed by atoms with van der Waals surface area (Å²) >= 11 is 0. The molecule has 2 atom stereocenters. The van der Waals surface area contributed by atoms with Gasteiger partial charge in [0.2, 0.25) is 0 Å². The van der Waals surface area contributed by atoms with Crippen LogP contribution in [0.2, 0.25) is 0 Å². The molecule has 3 N–H and O–H groups in total. The van der Waals surface area contributed by atoms with Crippen molar-refractivity contribution in [2.75, 3.05) is 13.1 Å². The van der Waals surface area contributed by atoms with Crippen molar-refractivity contribution >= 4 is 18.3 Å². The third-order valence-corrected chi connectivity index (χ3v) is 4.22. The molecule has 0 spiro atoms. The average molecular weight is 351 g/mol. The second-order valence-electron chi connectivity index (χ2n) is 5.80. The molecule has 1 amide bonds. The van der Waals surface area contributed by atoms with E-state index in [9.17, 15) is 14.4 Å². The summed E-state index contributed by atoms with van der Waals surface area (Å²) in [5.74, 6) is -0.373. The van der Waals surface area contributed by atoms with Crippen molar-refractivity contribution in [3.63, 3.8) is 0 Å². The van der Waals surface area contributed by atoms with Gasteiger partial charge >= 0.3 is 5.69 Å². The van der Waals surface area contributed by atoms with Gasteiger partial charge in [-0.3, -0.25) is 14.6 Å². The number of amides is 1. The van der Waals surface area contributed by atoms with Crippen LogP contribution in [-0.2, 0) is 7.05 Å². The number of aryl methyl sites for hydroxylation is 1. The summed E-state index contributed by atoms with van der Waals surface area (Å²) in [7, 11) is 1.48. The fraction of sp³-hybridized carbons (Fsp3) is 0.312. The van der Waals surface area contributed by atoms with Crippen LogP contribution in [0.25, 0.3) is 0 Å². The monoisotopic (exact) mass is 350 g/mol. The summed E-state index contributed by atoms with van der Waals surface area (Å²) < 4.78 is 1.18. The van der Waals surface area contributed by atoms with Crippen molar-refractivity contribution in [2.24, 2.45) is 12.8 Å². The zero-order chi connectivity index (χ0) is 16.6. The van der Waals surface area contributed by atoms with E-state index < -0.39 is 17.2 Å². The summed E-state index contributed by atoms with van der Waals surface area (Å²) in [6.45, 7) is 0.826. The highest BCUT2D eigenvalue weighted by Gasteiger charge is 2.35. The van der Waals surface area contributed by atoms with Gasteiger partial charge in [-0.2, -0.15) is 0 Å². The molecule has 2 aromatic rings. The van der Waals surface area contributed by atoms with Gasteiger partial charge in [-0.15, -0.1) is 12.4 Å². The number of carbonyl (C=O) groups is 1. The van der Waals surface area contributed by atoms with E-state index in [0.717, 1.165) is 5.56 Å². The zero-order valence-electron chi connectivity index (χ0n) is 13.1. The smallest absolute Gasteiger partial charge is 0.328 e. The summed E-state index contributed by atoms with van der Waals surface area (Å²) in [6.07, 6.45) is 1.27. The van der Waals surface area contributed by atoms with Gasteiger partial charge in [0.05, 0.1) is 0 Å². The number of nitrogens with two attached hydrogens (primary N) is 1. The number of aromatic nitrogens is 2. The molecule has 2 heterocycles. The lowest BCUT2D eigenvalue weighted by molar-refractivity contribution is 0.0786. The molecule has 8 heteroatoms. The van der Waals surface area contributed by atoms with Crippen LogP contribution >= 0.6 is 12.4 Å². The highest BCUT2D eigenvalue weighted by atomic mass is 35.5. The van der Waals surface area contributed by atoms with Crippen LogP contribution in [0.5, 0.6) is 0 Å². The van der Waals surface area contributed by atoms with E-state index in [0.29, 0.717) is 13.1 Å². The average Bonchev–Trinajstić information content (AvgIpc) is 2.93. The lowest BCUT2D eigenvalue weighted by Crippen LogP contribution is -2.38. The Morgan fingerprint density at radius 3 is 2.54 bits per heavy atom. The number of aromatic amines is 1. The number of nitrogens with one attached hydrogen (secondary N) is 1. The van der Waals surface area contributed by atoms with Crippen molar-refractivity contribution in [1.29, 1.82) is 0 Å². The van der Waals surface area contributed by atoms with Crippen LogP contribution in [-0.4, -0.2) is 39.5 Å². The fourth-order valence-electron chi connectivity index (χ4n) is 2.93. The SMILES string of the molecule is Cl.Cn1cc(C(=O)N2C[C@@H](N)[C@H](c3ccccc3)C2)c(=O)[nH]c1=O. The first-order valence-electron chi connectivity index (χ1n) is 7.37. The van der Waals surface area contributed by atoms with Crippen LogP contribution in [0.1, 0.15) is 21.8 Å². The van der Waals surface area contributed by atoms with Gasteiger partial charge in [0.15, 0.2) is 0 Å². The van der Waals surface area contributed by atoms with Gasteiger partial charge in [0.1, 0.15) is 5.56 Å². The number of nitrogens with zero attached hydrogens (tertiary/aromatic N) is 2. The Labute approximate surface area is 144 Å². The van der Waals surface area contributed by atoms with Crippen LogP contribution < -0.4 is 17.0 Å². The molecule has 1 saturated heterocycles. The molecule has 0 aliphatic carbocycles. The summed E-state index contributed by atoms with van der Waals surface area (Å²) in [4.78, 5) is 39.6. The molecule has 0 unspecified atom stereocenters. The number of hydrogen-bond acceptors (Lipinski definition) is 4. The van der Waals surface area contributed by atoms with Crippen LogP contribution in [0, 0.1) is 0 Å². The Morgan fingerprint density at radius 1 is 1.21 bits per heavy atom. The molecule has 7 nitrogen and oxygen atoms in total. The quantitative estimate of drug-likeness (QED) is 0.799. The number of likely N-dealkylation sites (tertiary alicyclic amines) is 1. The van der Waals surface area contributed by atoms with Crippen molar-refractivity contribution in [1.82, 2.24) is 14.5 Å². The molecule has 24 heavy (non-hydrogen) atoms. The molecule has 1 fully saturated rings. The molecular formula is C16H19ClN4O3. The summed E-state index contributed by atoms with van der Waals surface area (Å²) in [5.41, 5.74) is 5.98. The minimum Gasteiger partial charge on any atom is -0.336 e. The lowest BCUT2D eigenvalue weighted by Gasteiger charge is -2.16. The molecule has 1 aromatic heterocycles. The number of halogens is 1. The van der Waals surface area contributed by atoms with Crippen molar-refractivity contribution in [2.45, 2.75) is 12.0 Å². The largest absolute Gasteiger partial charge is 0.336 e. The van der Waals surface area contributed by atoms with Gasteiger partial charge in [-0.1, -0.05) is 30.3 Å². The van der Waals surface area contributed by atoms with Crippen LogP contribution in [0.4, 0.5) is 0 Å². The first-order chi connectivity index (χ1) is 11.0. The molecule has 1 aromatic carbocycles. The first-order valence-corrected chi connectivity index (χ1v) is 7.37. The molecule has 0 radical (unpaired) electrons. The summed E-state index contributed by atoms with van der Waals surface area (Å²) in [5, 5.41) is 0. The van der Waals surface area contributed by atoms with Gasteiger partial charge in [-0.25, -0.2) is 4.79 Å². The third kappa shape index (κ3) is 3.27. The number of hydrogen-bond donors (Lipinski definition) is 2. The number of H-pyrrole nitrogens is 1. The van der Waals surface area contributed by atoms with Crippen LogP contribution in [0.15, 0.2) is 46.1 Å². The topological polar surface area (TPSA) is 101 Å². The second kappa shape index (κ2) is 7.02. The van der Waals surface area contributed by atoms with Gasteiger partial charge in [0, 0.05) is 38.3 Å². The Balaban J connectivity index is 0.00000208. The minimum absolute atomic E-state index is 0. The summed E-state index contributed by atoms with van der Waals surface area (Å²) in [6, 6.07) is 9.58. The lowest BCUT2D eigenvalue weighted by atomic mass is 9.95. The highest BCUT2D eigenvalue weighted by Crippen LogP contribution is 2.26. The van der Waals surface area contributed by atoms with E-state index in [1.807, 2.05) is 30.3 Å². The first kappa shape index (κ1) is 18.0. The predicted octanol–water partition coefficient (Wildman–Crippen LogP) is 0.0623. The second-order valence-corrected chi connectivity index (χ2v) is 5.80. The normalized spacial score (nSPS) is 19.8. The van der Waals surface area contributed by atoms with E-state index in [2.05, 4.69) is 4.98 Å². The predicted molar refractivity (Wildman–Crippen MR) is 92.6 cm³/mol. The Kier molecular flexibility index (Phi) is 5.26. The van der Waals surface area contributed by atoms with E-state index in [1.165, 1.54) is 17.8 Å². The van der Waals surface area contributed by atoms with E-state index in [1.54, 1.807) is 4.90 Å². The molecule has 1 aliphatic rings. The molecule has 0 saturated carbocycles. The maximum absolute atomic E-state index is 12.6. The Hall–Kier alpha value is -2.38. The van der Waals surface area contributed by atoms with Crippen molar-refractivity contribution in [3.05, 3.63) is 68.5 Å². The van der Waals surface area contributed by atoms with Gasteiger partial charge in [0.25, 0.3) is 11.5 Å². The molecule has 3 rings (SSSR count). The Bertz CT molecular complexity index is 846. The minimum atomic E-state index is -0.671. The molecule has 0 bridgehead atoms. The third-order valence-electron chi connectivity index (χ3n) is 4.22. The number of rotatable bonds is 2. The van der Waals surface area contributed by atoms with E-state index >= 15 is 0 Å². The molecule has 128 valence electrons. The van der Waals surface area contributed by atoms with Crippen LogP contribution in [0.3, 0.4) is 0 Å². The number of benzene rings is 1. The maximum Gasteiger partial charge on any atom is 0.328 e. The zero-order valence-corrected chi connectivity index (χ0v) is 14.0.